The van der Waals surface area contributed by atoms with E-state index in [1.165, 1.54) is 16.7 Å². The molecule has 1 nitrogen and oxygen atoms in total. The largest absolute Gasteiger partial charge is 0.256 e. The summed E-state index contributed by atoms with van der Waals surface area (Å²) in [5.74, 6) is 0.519. The zero-order valence-corrected chi connectivity index (χ0v) is 11.2. The number of aryl methyl sites for hydroxylation is 1. The summed E-state index contributed by atoms with van der Waals surface area (Å²) >= 11 is 0. The van der Waals surface area contributed by atoms with Gasteiger partial charge in [-0.2, -0.15) is 0 Å². The van der Waals surface area contributed by atoms with Crippen molar-refractivity contribution in [1.29, 1.82) is 0 Å². The Hall–Kier alpha value is -1.89. The quantitative estimate of drug-likeness (QED) is 0.675. The second-order valence-corrected chi connectivity index (χ2v) is 4.88. The molecule has 0 atom stereocenters. The average molecular weight is 237 g/mol. The molecule has 0 bridgehead atoms. The molecular formula is C17H19N. The standard InChI is InChI=1S/C17H19N/c1-13(2)17-7-5-4-6-15(17)12-18-16-10-8-14(3)9-11-16/h4-13H,1-3H3/b18-12+. The molecule has 0 unspecified atom stereocenters. The highest BCUT2D eigenvalue weighted by Gasteiger charge is 2.02. The maximum atomic E-state index is 4.54. The topological polar surface area (TPSA) is 12.4 Å². The minimum Gasteiger partial charge on any atom is -0.256 e. The van der Waals surface area contributed by atoms with E-state index in [1.54, 1.807) is 0 Å². The lowest BCUT2D eigenvalue weighted by Crippen LogP contribution is -1.94. The third kappa shape index (κ3) is 3.07. The van der Waals surface area contributed by atoms with Gasteiger partial charge in [0, 0.05) is 6.21 Å². The van der Waals surface area contributed by atoms with Crippen LogP contribution in [0.3, 0.4) is 0 Å². The molecule has 0 amide bonds. The molecule has 0 fully saturated rings. The molecule has 2 aromatic rings. The van der Waals surface area contributed by atoms with E-state index in [9.17, 15) is 0 Å². The lowest BCUT2D eigenvalue weighted by atomic mass is 9.98. The van der Waals surface area contributed by atoms with E-state index in [1.807, 2.05) is 18.3 Å². The fraction of sp³-hybridized carbons (Fsp3) is 0.235. The molecule has 18 heavy (non-hydrogen) atoms. The minimum absolute atomic E-state index is 0.519. The van der Waals surface area contributed by atoms with Gasteiger partial charge in [-0.15, -0.1) is 0 Å². The number of nitrogens with zero attached hydrogens (tertiary/aromatic N) is 1. The molecule has 0 aromatic heterocycles. The highest BCUT2D eigenvalue weighted by atomic mass is 14.7. The second-order valence-electron chi connectivity index (χ2n) is 4.88. The van der Waals surface area contributed by atoms with Crippen molar-refractivity contribution in [2.24, 2.45) is 4.99 Å². The summed E-state index contributed by atoms with van der Waals surface area (Å²) in [7, 11) is 0. The van der Waals surface area contributed by atoms with E-state index >= 15 is 0 Å². The Balaban J connectivity index is 2.26. The highest BCUT2D eigenvalue weighted by molar-refractivity contribution is 5.84. The van der Waals surface area contributed by atoms with Crippen molar-refractivity contribution < 1.29 is 0 Å². The van der Waals surface area contributed by atoms with Crippen LogP contribution in [0, 0.1) is 6.92 Å². The summed E-state index contributed by atoms with van der Waals surface area (Å²) < 4.78 is 0. The number of benzene rings is 2. The van der Waals surface area contributed by atoms with Crippen LogP contribution in [0.1, 0.15) is 36.5 Å². The average Bonchev–Trinajstić information content (AvgIpc) is 2.38. The molecule has 2 aromatic carbocycles. The van der Waals surface area contributed by atoms with Crippen molar-refractivity contribution in [1.82, 2.24) is 0 Å². The van der Waals surface area contributed by atoms with Crippen molar-refractivity contribution >= 4 is 11.9 Å². The lowest BCUT2D eigenvalue weighted by Gasteiger charge is -2.08. The first-order valence-corrected chi connectivity index (χ1v) is 6.36. The van der Waals surface area contributed by atoms with Gasteiger partial charge in [-0.3, -0.25) is 4.99 Å². The van der Waals surface area contributed by atoms with Crippen molar-refractivity contribution in [2.45, 2.75) is 26.7 Å². The summed E-state index contributed by atoms with van der Waals surface area (Å²) in [5, 5.41) is 0. The molecule has 1 heteroatoms. The number of hydrogen-bond acceptors (Lipinski definition) is 1. The predicted molar refractivity (Wildman–Crippen MR) is 79.0 cm³/mol. The van der Waals surface area contributed by atoms with E-state index < -0.39 is 0 Å². The van der Waals surface area contributed by atoms with Crippen LogP contribution in [0.15, 0.2) is 53.5 Å². The van der Waals surface area contributed by atoms with Gasteiger partial charge in [-0.1, -0.05) is 55.8 Å². The van der Waals surface area contributed by atoms with E-state index in [2.05, 4.69) is 62.2 Å². The Bertz CT molecular complexity index is 536. The third-order valence-electron chi connectivity index (χ3n) is 3.00. The molecule has 0 aliphatic heterocycles. The maximum Gasteiger partial charge on any atom is 0.0630 e. The molecule has 0 heterocycles. The van der Waals surface area contributed by atoms with Crippen LogP contribution < -0.4 is 0 Å². The zero-order chi connectivity index (χ0) is 13.0. The second kappa shape index (κ2) is 5.63. The Labute approximate surface area is 109 Å². The van der Waals surface area contributed by atoms with Crippen molar-refractivity contribution in [3.63, 3.8) is 0 Å². The van der Waals surface area contributed by atoms with E-state index in [-0.39, 0.29) is 0 Å². The van der Waals surface area contributed by atoms with E-state index in [0.717, 1.165) is 5.69 Å². The molecular weight excluding hydrogens is 218 g/mol. The first-order chi connectivity index (χ1) is 8.66. The highest BCUT2D eigenvalue weighted by Crippen LogP contribution is 2.19. The maximum absolute atomic E-state index is 4.54. The summed E-state index contributed by atoms with van der Waals surface area (Å²) in [6.07, 6.45) is 1.96. The molecule has 0 aliphatic carbocycles. The molecule has 0 aliphatic rings. The summed E-state index contributed by atoms with van der Waals surface area (Å²) in [6.45, 7) is 6.50. The Kier molecular flexibility index (Phi) is 3.93. The van der Waals surface area contributed by atoms with Crippen LogP contribution in [0.4, 0.5) is 5.69 Å². The van der Waals surface area contributed by atoms with E-state index in [4.69, 9.17) is 0 Å². The normalized spacial score (nSPS) is 11.3. The first kappa shape index (κ1) is 12.6. The summed E-state index contributed by atoms with van der Waals surface area (Å²) in [4.78, 5) is 4.54. The van der Waals surface area contributed by atoms with Gasteiger partial charge in [0.05, 0.1) is 5.69 Å². The molecule has 0 saturated heterocycles. The Morgan fingerprint density at radius 1 is 0.944 bits per heavy atom. The fourth-order valence-electron chi connectivity index (χ4n) is 1.93. The Morgan fingerprint density at radius 2 is 1.61 bits per heavy atom. The van der Waals surface area contributed by atoms with Crippen LogP contribution in [-0.4, -0.2) is 6.21 Å². The van der Waals surface area contributed by atoms with Crippen molar-refractivity contribution in [2.75, 3.05) is 0 Å². The van der Waals surface area contributed by atoms with Crippen molar-refractivity contribution in [3.8, 4) is 0 Å². The van der Waals surface area contributed by atoms with Gasteiger partial charge in [0.1, 0.15) is 0 Å². The SMILES string of the molecule is Cc1ccc(/N=C/c2ccccc2C(C)C)cc1. The van der Waals surface area contributed by atoms with Crippen LogP contribution in [0.2, 0.25) is 0 Å². The molecule has 0 radical (unpaired) electrons. The van der Waals surface area contributed by atoms with E-state index in [0.29, 0.717) is 5.92 Å². The van der Waals surface area contributed by atoms with Gasteiger partial charge >= 0.3 is 0 Å². The first-order valence-electron chi connectivity index (χ1n) is 6.36. The van der Waals surface area contributed by atoms with Crippen molar-refractivity contribution in [3.05, 3.63) is 65.2 Å². The van der Waals surface area contributed by atoms with Gasteiger partial charge < -0.3 is 0 Å². The van der Waals surface area contributed by atoms with Crippen LogP contribution in [-0.2, 0) is 0 Å². The summed E-state index contributed by atoms with van der Waals surface area (Å²) in [5.41, 5.74) is 4.80. The predicted octanol–water partition coefficient (Wildman–Crippen LogP) is 4.87. The smallest absolute Gasteiger partial charge is 0.0630 e. The van der Waals surface area contributed by atoms with Crippen LogP contribution >= 0.6 is 0 Å². The van der Waals surface area contributed by atoms with Gasteiger partial charge in [0.15, 0.2) is 0 Å². The minimum atomic E-state index is 0.519. The van der Waals surface area contributed by atoms with Gasteiger partial charge in [0.25, 0.3) is 0 Å². The van der Waals surface area contributed by atoms with Crippen LogP contribution in [0.25, 0.3) is 0 Å². The summed E-state index contributed by atoms with van der Waals surface area (Å²) in [6, 6.07) is 16.7. The molecule has 0 saturated carbocycles. The molecule has 92 valence electrons. The van der Waals surface area contributed by atoms with Crippen LogP contribution in [0.5, 0.6) is 0 Å². The molecule has 0 spiro atoms. The van der Waals surface area contributed by atoms with Gasteiger partial charge in [0.2, 0.25) is 0 Å². The van der Waals surface area contributed by atoms with Gasteiger partial charge in [-0.05, 0) is 36.1 Å². The number of hydrogen-bond donors (Lipinski definition) is 0. The third-order valence-corrected chi connectivity index (χ3v) is 3.00. The molecule has 0 N–H and O–H groups in total. The Morgan fingerprint density at radius 3 is 2.28 bits per heavy atom. The fourth-order valence-corrected chi connectivity index (χ4v) is 1.93. The molecule has 2 rings (SSSR count). The lowest BCUT2D eigenvalue weighted by molar-refractivity contribution is 0.865. The zero-order valence-electron chi connectivity index (χ0n) is 11.2. The van der Waals surface area contributed by atoms with Gasteiger partial charge in [-0.25, -0.2) is 0 Å². The monoisotopic (exact) mass is 237 g/mol. The number of aliphatic imine (C=N–C) groups is 1. The number of rotatable bonds is 3.